The third-order valence-electron chi connectivity index (χ3n) is 3.85. The molecule has 3 aromatic rings. The Morgan fingerprint density at radius 1 is 1.20 bits per heavy atom. The molecule has 156 valence electrons. The molecule has 2 aromatic carbocycles. The molecule has 0 bridgehead atoms. The van der Waals surface area contributed by atoms with E-state index in [0.717, 1.165) is 22.1 Å². The summed E-state index contributed by atoms with van der Waals surface area (Å²) in [5, 5.41) is 13.9. The van der Waals surface area contributed by atoms with Gasteiger partial charge in [-0.15, -0.1) is 11.3 Å². The number of benzene rings is 2. The summed E-state index contributed by atoms with van der Waals surface area (Å²) in [6.45, 7) is -0.818. The highest BCUT2D eigenvalue weighted by atomic mass is 35.5. The van der Waals surface area contributed by atoms with Gasteiger partial charge in [0.2, 0.25) is 0 Å². The Kier molecular flexibility index (Phi) is 5.94. The molecule has 7 nitrogen and oxygen atoms in total. The van der Waals surface area contributed by atoms with Crippen molar-refractivity contribution in [2.45, 2.75) is 6.18 Å². The lowest BCUT2D eigenvalue weighted by molar-refractivity contribution is -0.384. The van der Waals surface area contributed by atoms with E-state index in [1.54, 1.807) is 24.3 Å². The summed E-state index contributed by atoms with van der Waals surface area (Å²) in [6, 6.07) is 8.60. The van der Waals surface area contributed by atoms with Gasteiger partial charge in [0.15, 0.2) is 6.61 Å². The maximum atomic E-state index is 12.7. The lowest BCUT2D eigenvalue weighted by atomic mass is 10.1. The minimum atomic E-state index is -4.79. The largest absolute Gasteiger partial charge is 0.451 e. The number of nitrogens with one attached hydrogen (secondary N) is 1. The van der Waals surface area contributed by atoms with E-state index in [2.05, 4.69) is 5.32 Å². The fourth-order valence-electron chi connectivity index (χ4n) is 2.49. The maximum absolute atomic E-state index is 12.7. The van der Waals surface area contributed by atoms with Crippen LogP contribution in [0, 0.1) is 10.1 Å². The van der Waals surface area contributed by atoms with Gasteiger partial charge in [0.25, 0.3) is 11.6 Å². The van der Waals surface area contributed by atoms with Crippen LogP contribution >= 0.6 is 22.9 Å². The molecule has 0 aliphatic heterocycles. The number of carbonyl (C=O) groups excluding carboxylic acids is 2. The van der Waals surface area contributed by atoms with E-state index in [9.17, 15) is 32.9 Å². The number of rotatable bonds is 5. The van der Waals surface area contributed by atoms with Gasteiger partial charge in [0.05, 0.1) is 15.5 Å². The first-order chi connectivity index (χ1) is 14.1. The lowest BCUT2D eigenvalue weighted by Gasteiger charge is -2.10. The molecular formula is C18H10ClF3N2O5S. The molecule has 12 heteroatoms. The van der Waals surface area contributed by atoms with E-state index >= 15 is 0 Å². The molecule has 0 radical (unpaired) electrons. The Hall–Kier alpha value is -3.18. The second-order valence-electron chi connectivity index (χ2n) is 5.85. The molecule has 30 heavy (non-hydrogen) atoms. The van der Waals surface area contributed by atoms with Crippen LogP contribution in [0.1, 0.15) is 15.2 Å². The Balaban J connectivity index is 1.70. The lowest BCUT2D eigenvalue weighted by Crippen LogP contribution is -2.21. The van der Waals surface area contributed by atoms with Gasteiger partial charge in [0, 0.05) is 16.2 Å². The van der Waals surface area contributed by atoms with Crippen molar-refractivity contribution in [3.63, 3.8) is 0 Å². The SMILES string of the molecule is O=C(COC(=O)c1sc2ccccc2c1Cl)Nc1ccc(C(F)(F)F)cc1[N+](=O)[O-]. The predicted molar refractivity (Wildman–Crippen MR) is 104 cm³/mol. The Labute approximate surface area is 175 Å². The second-order valence-corrected chi connectivity index (χ2v) is 7.28. The normalized spacial score (nSPS) is 11.3. The summed E-state index contributed by atoms with van der Waals surface area (Å²) in [7, 11) is 0. The third kappa shape index (κ3) is 4.52. The van der Waals surface area contributed by atoms with Crippen LogP contribution < -0.4 is 5.32 Å². The molecule has 1 amide bonds. The molecule has 0 unspecified atom stereocenters. The summed E-state index contributed by atoms with van der Waals surface area (Å²) < 4.78 is 43.8. The number of halogens is 4. The van der Waals surface area contributed by atoms with Crippen LogP contribution in [0.25, 0.3) is 10.1 Å². The van der Waals surface area contributed by atoms with Crippen LogP contribution in [0.2, 0.25) is 5.02 Å². The molecule has 0 saturated carbocycles. The number of fused-ring (bicyclic) bond motifs is 1. The van der Waals surface area contributed by atoms with Crippen molar-refractivity contribution in [2.24, 2.45) is 0 Å². The number of esters is 1. The van der Waals surface area contributed by atoms with Gasteiger partial charge in [-0.1, -0.05) is 29.8 Å². The van der Waals surface area contributed by atoms with Crippen LogP contribution in [-0.4, -0.2) is 23.4 Å². The average molecular weight is 459 g/mol. The monoisotopic (exact) mass is 458 g/mol. The van der Waals surface area contributed by atoms with Crippen LogP contribution in [0.4, 0.5) is 24.5 Å². The van der Waals surface area contributed by atoms with Crippen molar-refractivity contribution in [1.82, 2.24) is 0 Å². The van der Waals surface area contributed by atoms with E-state index in [0.29, 0.717) is 17.5 Å². The zero-order valence-corrected chi connectivity index (χ0v) is 16.2. The average Bonchev–Trinajstić information content (AvgIpc) is 3.02. The molecule has 0 saturated heterocycles. The molecule has 1 aromatic heterocycles. The molecular weight excluding hydrogens is 449 g/mol. The first-order valence-electron chi connectivity index (χ1n) is 8.07. The van der Waals surface area contributed by atoms with Crippen LogP contribution in [0.3, 0.4) is 0 Å². The molecule has 0 atom stereocenters. The smallest absolute Gasteiger partial charge is 0.416 e. The zero-order valence-electron chi connectivity index (χ0n) is 14.7. The number of carbonyl (C=O) groups is 2. The molecule has 0 spiro atoms. The van der Waals surface area contributed by atoms with Gasteiger partial charge in [0.1, 0.15) is 10.6 Å². The Morgan fingerprint density at radius 2 is 1.90 bits per heavy atom. The van der Waals surface area contributed by atoms with Gasteiger partial charge < -0.3 is 10.1 Å². The third-order valence-corrected chi connectivity index (χ3v) is 5.51. The minimum Gasteiger partial charge on any atom is -0.451 e. The number of ether oxygens (including phenoxy) is 1. The number of thiophene rings is 1. The number of anilines is 1. The van der Waals surface area contributed by atoms with Crippen molar-refractivity contribution in [3.8, 4) is 0 Å². The first kappa shape index (κ1) is 21.5. The minimum absolute atomic E-state index is 0.0752. The molecule has 0 fully saturated rings. The van der Waals surface area contributed by atoms with Crippen LogP contribution in [-0.2, 0) is 15.7 Å². The number of nitro groups is 1. The predicted octanol–water partition coefficient (Wildman–Crippen LogP) is 5.28. The van der Waals surface area contributed by atoms with Gasteiger partial charge in [-0.05, 0) is 18.2 Å². The number of amides is 1. The van der Waals surface area contributed by atoms with Crippen molar-refractivity contribution < 1.29 is 32.4 Å². The number of nitro benzene ring substituents is 1. The van der Waals surface area contributed by atoms with Crippen LogP contribution in [0.5, 0.6) is 0 Å². The topological polar surface area (TPSA) is 98.5 Å². The van der Waals surface area contributed by atoms with Crippen molar-refractivity contribution >= 4 is 56.3 Å². The van der Waals surface area contributed by atoms with Gasteiger partial charge in [-0.25, -0.2) is 4.79 Å². The zero-order chi connectivity index (χ0) is 22.1. The molecule has 0 aliphatic carbocycles. The van der Waals surface area contributed by atoms with Gasteiger partial charge in [-0.3, -0.25) is 14.9 Å². The molecule has 1 N–H and O–H groups in total. The number of hydrogen-bond acceptors (Lipinski definition) is 6. The number of hydrogen-bond donors (Lipinski definition) is 1. The van der Waals surface area contributed by atoms with Crippen molar-refractivity contribution in [1.29, 1.82) is 0 Å². The standard InChI is InChI=1S/C18H10ClF3N2O5S/c19-15-10-3-1-2-4-13(10)30-16(15)17(26)29-8-14(25)23-11-6-5-9(18(20,21)22)7-12(11)24(27)28/h1-7H,8H2,(H,23,25). The summed E-state index contributed by atoms with van der Waals surface area (Å²) in [4.78, 5) is 34.3. The summed E-state index contributed by atoms with van der Waals surface area (Å²) in [5.41, 5.74) is -2.65. The fraction of sp³-hybridized carbons (Fsp3) is 0.111. The van der Waals surface area contributed by atoms with E-state index < -0.39 is 46.5 Å². The van der Waals surface area contributed by atoms with Gasteiger partial charge in [-0.2, -0.15) is 13.2 Å². The maximum Gasteiger partial charge on any atom is 0.416 e. The summed E-state index contributed by atoms with van der Waals surface area (Å²) in [6.07, 6.45) is -4.79. The van der Waals surface area contributed by atoms with Gasteiger partial charge >= 0.3 is 12.1 Å². The van der Waals surface area contributed by atoms with Crippen molar-refractivity contribution in [2.75, 3.05) is 11.9 Å². The molecule has 0 aliphatic rings. The fourth-order valence-corrected chi connectivity index (χ4v) is 3.90. The molecule has 1 heterocycles. The summed E-state index contributed by atoms with van der Waals surface area (Å²) >= 11 is 7.21. The Bertz CT molecular complexity index is 1160. The Morgan fingerprint density at radius 3 is 2.53 bits per heavy atom. The first-order valence-corrected chi connectivity index (χ1v) is 9.27. The summed E-state index contributed by atoms with van der Waals surface area (Å²) in [5.74, 6) is -1.85. The van der Waals surface area contributed by atoms with Crippen molar-refractivity contribution in [3.05, 3.63) is 68.0 Å². The van der Waals surface area contributed by atoms with E-state index in [1.807, 2.05) is 0 Å². The highest BCUT2D eigenvalue weighted by Gasteiger charge is 2.33. The van der Waals surface area contributed by atoms with E-state index in [-0.39, 0.29) is 9.90 Å². The highest BCUT2D eigenvalue weighted by molar-refractivity contribution is 7.21. The quantitative estimate of drug-likeness (QED) is 0.319. The highest BCUT2D eigenvalue weighted by Crippen LogP contribution is 2.36. The second kappa shape index (κ2) is 8.28. The number of alkyl halides is 3. The van der Waals surface area contributed by atoms with Crippen LogP contribution in [0.15, 0.2) is 42.5 Å². The van der Waals surface area contributed by atoms with E-state index in [4.69, 9.17) is 16.3 Å². The molecule has 3 rings (SSSR count). The van der Waals surface area contributed by atoms with E-state index in [1.165, 1.54) is 0 Å². The number of nitrogens with zero attached hydrogens (tertiary/aromatic N) is 1.